The van der Waals surface area contributed by atoms with Crippen LogP contribution >= 0.6 is 11.8 Å². The first-order valence-electron chi connectivity index (χ1n) is 5.48. The number of carbonyl (C=O) groups excluding carboxylic acids is 1. The smallest absolute Gasteiger partial charge is 0.234 e. The summed E-state index contributed by atoms with van der Waals surface area (Å²) in [4.78, 5) is 11.7. The lowest BCUT2D eigenvalue weighted by Crippen LogP contribution is -2.18. The first kappa shape index (κ1) is 13.9. The van der Waals surface area contributed by atoms with Crippen LogP contribution in [-0.2, 0) is 4.79 Å². The number of rotatable bonds is 4. The molecule has 4 heteroatoms. The van der Waals surface area contributed by atoms with E-state index in [-0.39, 0.29) is 10.7 Å². The van der Waals surface area contributed by atoms with Gasteiger partial charge in [0.2, 0.25) is 5.91 Å². The van der Waals surface area contributed by atoms with E-state index in [1.807, 2.05) is 18.2 Å². The van der Waals surface area contributed by atoms with Gasteiger partial charge in [0.15, 0.2) is 0 Å². The van der Waals surface area contributed by atoms with Crippen molar-refractivity contribution in [1.82, 2.24) is 0 Å². The Labute approximate surface area is 107 Å². The van der Waals surface area contributed by atoms with E-state index in [9.17, 15) is 4.79 Å². The number of methoxy groups -OCH3 is 1. The van der Waals surface area contributed by atoms with Crippen molar-refractivity contribution in [1.29, 1.82) is 0 Å². The number of benzene rings is 1. The highest BCUT2D eigenvalue weighted by molar-refractivity contribution is 8.01. The van der Waals surface area contributed by atoms with Crippen molar-refractivity contribution in [3.05, 3.63) is 24.3 Å². The zero-order valence-corrected chi connectivity index (χ0v) is 11.6. The molecule has 0 atom stereocenters. The number of amides is 1. The van der Waals surface area contributed by atoms with Gasteiger partial charge in [-0.25, -0.2) is 0 Å². The minimum absolute atomic E-state index is 0.0122. The monoisotopic (exact) mass is 253 g/mol. The molecule has 0 radical (unpaired) electrons. The van der Waals surface area contributed by atoms with Crippen LogP contribution in [0.25, 0.3) is 0 Å². The van der Waals surface area contributed by atoms with Gasteiger partial charge in [-0.15, -0.1) is 11.8 Å². The predicted molar refractivity (Wildman–Crippen MR) is 73.8 cm³/mol. The summed E-state index contributed by atoms with van der Waals surface area (Å²) in [6, 6.07) is 7.35. The third-order valence-electron chi connectivity index (χ3n) is 1.99. The fourth-order valence-electron chi connectivity index (χ4n) is 1.18. The summed E-state index contributed by atoms with van der Waals surface area (Å²) in [5.74, 6) is 1.21. The summed E-state index contributed by atoms with van der Waals surface area (Å²) in [6.07, 6.45) is 0. The Hall–Kier alpha value is -1.16. The summed E-state index contributed by atoms with van der Waals surface area (Å²) < 4.78 is 5.20. The summed E-state index contributed by atoms with van der Waals surface area (Å²) in [7, 11) is 1.61. The van der Waals surface area contributed by atoms with Crippen molar-refractivity contribution in [3.63, 3.8) is 0 Å². The van der Waals surface area contributed by atoms with E-state index in [2.05, 4.69) is 26.1 Å². The van der Waals surface area contributed by atoms with Gasteiger partial charge in [-0.1, -0.05) is 26.8 Å². The van der Waals surface area contributed by atoms with Crippen LogP contribution in [0.3, 0.4) is 0 Å². The maximum atomic E-state index is 11.7. The average Bonchev–Trinajstić information content (AvgIpc) is 2.26. The summed E-state index contributed by atoms with van der Waals surface area (Å²) in [5.41, 5.74) is 0.767. The van der Waals surface area contributed by atoms with Crippen molar-refractivity contribution in [2.75, 3.05) is 18.2 Å². The Morgan fingerprint density at radius 1 is 1.41 bits per heavy atom. The van der Waals surface area contributed by atoms with Crippen LogP contribution in [0.2, 0.25) is 0 Å². The number of carbonyl (C=O) groups is 1. The van der Waals surface area contributed by atoms with E-state index in [4.69, 9.17) is 4.74 Å². The Morgan fingerprint density at radius 2 is 2.12 bits per heavy atom. The molecular weight excluding hydrogens is 234 g/mol. The molecule has 1 amide bonds. The van der Waals surface area contributed by atoms with Gasteiger partial charge in [-0.3, -0.25) is 4.79 Å². The average molecular weight is 253 g/mol. The molecule has 0 aliphatic carbocycles. The van der Waals surface area contributed by atoms with E-state index in [0.29, 0.717) is 5.75 Å². The fraction of sp³-hybridized carbons (Fsp3) is 0.462. The molecule has 0 saturated carbocycles. The second-order valence-electron chi connectivity index (χ2n) is 4.68. The zero-order valence-electron chi connectivity index (χ0n) is 10.7. The quantitative estimate of drug-likeness (QED) is 0.895. The highest BCUT2D eigenvalue weighted by Crippen LogP contribution is 2.23. The van der Waals surface area contributed by atoms with Crippen LogP contribution in [0.4, 0.5) is 5.69 Å². The van der Waals surface area contributed by atoms with Gasteiger partial charge >= 0.3 is 0 Å². The summed E-state index contributed by atoms with van der Waals surface area (Å²) in [5, 5.41) is 2.85. The molecule has 0 spiro atoms. The van der Waals surface area contributed by atoms with Gasteiger partial charge in [0.05, 0.1) is 12.9 Å². The summed E-state index contributed by atoms with van der Waals surface area (Å²) >= 11 is 1.63. The van der Waals surface area contributed by atoms with Crippen LogP contribution < -0.4 is 10.1 Å². The normalized spacial score (nSPS) is 11.1. The largest absolute Gasteiger partial charge is 0.497 e. The van der Waals surface area contributed by atoms with E-state index >= 15 is 0 Å². The molecular formula is C13H19NO2S. The highest BCUT2D eigenvalue weighted by Gasteiger charge is 2.13. The molecule has 1 N–H and O–H groups in total. The molecule has 0 aromatic heterocycles. The van der Waals surface area contributed by atoms with Gasteiger partial charge < -0.3 is 10.1 Å². The fourth-order valence-corrected chi connectivity index (χ4v) is 1.82. The molecule has 0 unspecified atom stereocenters. The number of thioether (sulfide) groups is 1. The number of nitrogens with one attached hydrogen (secondary N) is 1. The van der Waals surface area contributed by atoms with Gasteiger partial charge in [0.25, 0.3) is 0 Å². The SMILES string of the molecule is COc1cccc(NC(=O)CSC(C)(C)C)c1. The molecule has 17 heavy (non-hydrogen) atoms. The highest BCUT2D eigenvalue weighted by atomic mass is 32.2. The Kier molecular flexibility index (Phi) is 4.87. The minimum atomic E-state index is 0.0122. The van der Waals surface area contributed by atoms with Crippen molar-refractivity contribution in [2.24, 2.45) is 0 Å². The molecule has 94 valence electrons. The van der Waals surface area contributed by atoms with Gasteiger partial charge in [-0.2, -0.15) is 0 Å². The maximum Gasteiger partial charge on any atom is 0.234 e. The van der Waals surface area contributed by atoms with Crippen molar-refractivity contribution in [2.45, 2.75) is 25.5 Å². The molecule has 0 bridgehead atoms. The number of hydrogen-bond donors (Lipinski definition) is 1. The van der Waals surface area contributed by atoms with E-state index in [1.165, 1.54) is 0 Å². The molecule has 0 saturated heterocycles. The van der Waals surface area contributed by atoms with Gasteiger partial charge in [0.1, 0.15) is 5.75 Å². The van der Waals surface area contributed by atoms with E-state index < -0.39 is 0 Å². The molecule has 0 aliphatic rings. The lowest BCUT2D eigenvalue weighted by molar-refractivity contribution is -0.113. The lowest BCUT2D eigenvalue weighted by atomic mass is 10.3. The van der Waals surface area contributed by atoms with Crippen LogP contribution in [0.1, 0.15) is 20.8 Å². The zero-order chi connectivity index (χ0) is 12.9. The van der Waals surface area contributed by atoms with Gasteiger partial charge in [0, 0.05) is 16.5 Å². The van der Waals surface area contributed by atoms with Crippen LogP contribution in [0.5, 0.6) is 5.75 Å². The van der Waals surface area contributed by atoms with Crippen molar-refractivity contribution < 1.29 is 9.53 Å². The molecule has 1 aromatic carbocycles. The predicted octanol–water partition coefficient (Wildman–Crippen LogP) is 3.17. The van der Waals surface area contributed by atoms with Crippen LogP contribution in [-0.4, -0.2) is 23.5 Å². The van der Waals surface area contributed by atoms with Crippen LogP contribution in [0, 0.1) is 0 Å². The van der Waals surface area contributed by atoms with E-state index in [1.54, 1.807) is 24.9 Å². The standard InChI is InChI=1S/C13H19NO2S/c1-13(2,3)17-9-12(15)14-10-6-5-7-11(8-10)16-4/h5-8H,9H2,1-4H3,(H,14,15). The summed E-state index contributed by atoms with van der Waals surface area (Å²) in [6.45, 7) is 6.28. The Bertz CT molecular complexity index is 385. The minimum Gasteiger partial charge on any atom is -0.497 e. The Balaban J connectivity index is 2.50. The van der Waals surface area contributed by atoms with Gasteiger partial charge in [-0.05, 0) is 12.1 Å². The molecule has 0 heterocycles. The second kappa shape index (κ2) is 5.96. The third-order valence-corrected chi connectivity index (χ3v) is 3.26. The topological polar surface area (TPSA) is 38.3 Å². The first-order chi connectivity index (χ1) is 7.90. The molecule has 0 aliphatic heterocycles. The van der Waals surface area contributed by atoms with Crippen LogP contribution in [0.15, 0.2) is 24.3 Å². The lowest BCUT2D eigenvalue weighted by Gasteiger charge is -2.17. The molecule has 0 fully saturated rings. The Morgan fingerprint density at radius 3 is 2.71 bits per heavy atom. The maximum absolute atomic E-state index is 11.7. The first-order valence-corrected chi connectivity index (χ1v) is 6.47. The van der Waals surface area contributed by atoms with E-state index in [0.717, 1.165) is 11.4 Å². The van der Waals surface area contributed by atoms with Crippen molar-refractivity contribution >= 4 is 23.4 Å². The number of ether oxygens (including phenoxy) is 1. The molecule has 1 aromatic rings. The molecule has 1 rings (SSSR count). The number of hydrogen-bond acceptors (Lipinski definition) is 3. The van der Waals surface area contributed by atoms with Crippen molar-refractivity contribution in [3.8, 4) is 5.75 Å². The molecule has 3 nitrogen and oxygen atoms in total. The number of anilines is 1. The second-order valence-corrected chi connectivity index (χ2v) is 6.48. The third kappa shape index (κ3) is 5.63.